The van der Waals surface area contributed by atoms with Crippen molar-refractivity contribution in [1.29, 1.82) is 0 Å². The average molecular weight is 221 g/mol. The monoisotopic (exact) mass is 220 g/mol. The number of aryl methyl sites for hydroxylation is 1. The van der Waals surface area contributed by atoms with Gasteiger partial charge in [-0.1, -0.05) is 29.8 Å². The Morgan fingerprint density at radius 1 is 0.933 bits per heavy atom. The topological polar surface area (TPSA) is 0 Å². The van der Waals surface area contributed by atoms with Crippen LogP contribution in [-0.2, 0) is 0 Å². The highest BCUT2D eigenvalue weighted by atomic mass is 35.5. The molecule has 15 heavy (non-hydrogen) atoms. The van der Waals surface area contributed by atoms with E-state index in [1.54, 1.807) is 13.0 Å². The van der Waals surface area contributed by atoms with Gasteiger partial charge in [0.05, 0.1) is 0 Å². The van der Waals surface area contributed by atoms with E-state index in [1.807, 2.05) is 30.3 Å². The van der Waals surface area contributed by atoms with Gasteiger partial charge in [0.15, 0.2) is 0 Å². The Hall–Kier alpha value is -1.34. The lowest BCUT2D eigenvalue weighted by Crippen LogP contribution is -1.83. The summed E-state index contributed by atoms with van der Waals surface area (Å²) in [6.07, 6.45) is 0. The minimum atomic E-state index is -0.173. The third-order valence-corrected chi connectivity index (χ3v) is 2.59. The van der Waals surface area contributed by atoms with E-state index in [-0.39, 0.29) is 5.82 Å². The molecule has 0 aliphatic heterocycles. The highest BCUT2D eigenvalue weighted by molar-refractivity contribution is 6.30. The molecule has 76 valence electrons. The number of benzene rings is 2. The second-order valence-corrected chi connectivity index (χ2v) is 3.91. The molecule has 0 aromatic heterocycles. The number of hydrogen-bond acceptors (Lipinski definition) is 0. The molecular formula is C13H10ClF. The van der Waals surface area contributed by atoms with Crippen LogP contribution in [0.25, 0.3) is 11.1 Å². The first-order valence-corrected chi connectivity index (χ1v) is 5.07. The minimum absolute atomic E-state index is 0.173. The molecule has 0 fully saturated rings. The van der Waals surface area contributed by atoms with E-state index < -0.39 is 0 Å². The fourth-order valence-electron chi connectivity index (χ4n) is 1.47. The molecule has 0 saturated heterocycles. The van der Waals surface area contributed by atoms with Crippen LogP contribution in [0.2, 0.25) is 5.02 Å². The Balaban J connectivity index is 2.45. The van der Waals surface area contributed by atoms with Gasteiger partial charge in [-0.15, -0.1) is 0 Å². The van der Waals surface area contributed by atoms with Crippen molar-refractivity contribution in [2.24, 2.45) is 0 Å². The summed E-state index contributed by atoms with van der Waals surface area (Å²) in [4.78, 5) is 0. The number of halogens is 2. The Kier molecular flexibility index (Phi) is 2.74. The molecule has 2 rings (SSSR count). The van der Waals surface area contributed by atoms with Gasteiger partial charge in [0, 0.05) is 5.02 Å². The van der Waals surface area contributed by atoms with Gasteiger partial charge < -0.3 is 0 Å². The lowest BCUT2D eigenvalue weighted by atomic mass is 10.0. The molecule has 0 nitrogen and oxygen atoms in total. The largest absolute Gasteiger partial charge is 0.207 e. The SMILES string of the molecule is Cc1cc(-c2ccc(Cl)cc2)ccc1F. The number of hydrogen-bond donors (Lipinski definition) is 0. The molecule has 0 aliphatic rings. The lowest BCUT2D eigenvalue weighted by Gasteiger charge is -2.03. The van der Waals surface area contributed by atoms with Crippen molar-refractivity contribution < 1.29 is 4.39 Å². The van der Waals surface area contributed by atoms with Crippen LogP contribution in [0.1, 0.15) is 5.56 Å². The van der Waals surface area contributed by atoms with Crippen LogP contribution in [0.3, 0.4) is 0 Å². The van der Waals surface area contributed by atoms with E-state index in [0.29, 0.717) is 10.6 Å². The highest BCUT2D eigenvalue weighted by Crippen LogP contribution is 2.23. The van der Waals surface area contributed by atoms with Crippen molar-refractivity contribution in [3.8, 4) is 11.1 Å². The molecular weight excluding hydrogens is 211 g/mol. The third-order valence-electron chi connectivity index (χ3n) is 2.34. The van der Waals surface area contributed by atoms with Crippen molar-refractivity contribution in [2.45, 2.75) is 6.92 Å². The summed E-state index contributed by atoms with van der Waals surface area (Å²) < 4.78 is 13.1. The zero-order valence-electron chi connectivity index (χ0n) is 8.30. The van der Waals surface area contributed by atoms with Gasteiger partial charge in [-0.2, -0.15) is 0 Å². The van der Waals surface area contributed by atoms with Crippen molar-refractivity contribution in [3.63, 3.8) is 0 Å². The van der Waals surface area contributed by atoms with Gasteiger partial charge in [-0.05, 0) is 47.9 Å². The molecule has 0 amide bonds. The van der Waals surface area contributed by atoms with E-state index >= 15 is 0 Å². The third kappa shape index (κ3) is 2.18. The fraction of sp³-hybridized carbons (Fsp3) is 0.0769. The van der Waals surface area contributed by atoms with E-state index in [0.717, 1.165) is 11.1 Å². The normalized spacial score (nSPS) is 10.3. The molecule has 0 unspecified atom stereocenters. The lowest BCUT2D eigenvalue weighted by molar-refractivity contribution is 0.619. The van der Waals surface area contributed by atoms with Crippen molar-refractivity contribution >= 4 is 11.6 Å². The molecule has 0 spiro atoms. The minimum Gasteiger partial charge on any atom is -0.207 e. The maximum absolute atomic E-state index is 13.1. The molecule has 0 saturated carbocycles. The van der Waals surface area contributed by atoms with Gasteiger partial charge >= 0.3 is 0 Å². The van der Waals surface area contributed by atoms with Crippen LogP contribution in [0.15, 0.2) is 42.5 Å². The smallest absolute Gasteiger partial charge is 0.126 e. The summed E-state index contributed by atoms with van der Waals surface area (Å²) >= 11 is 5.80. The van der Waals surface area contributed by atoms with E-state index in [1.165, 1.54) is 6.07 Å². The summed E-state index contributed by atoms with van der Waals surface area (Å²) in [7, 11) is 0. The summed E-state index contributed by atoms with van der Waals surface area (Å²) in [6.45, 7) is 1.76. The van der Waals surface area contributed by atoms with Crippen LogP contribution in [-0.4, -0.2) is 0 Å². The molecule has 0 N–H and O–H groups in total. The maximum Gasteiger partial charge on any atom is 0.126 e. The molecule has 2 aromatic rings. The molecule has 0 aliphatic carbocycles. The van der Waals surface area contributed by atoms with Crippen LogP contribution in [0.4, 0.5) is 4.39 Å². The second kappa shape index (κ2) is 4.03. The van der Waals surface area contributed by atoms with Gasteiger partial charge in [-0.25, -0.2) is 4.39 Å². The summed E-state index contributed by atoms with van der Waals surface area (Å²) in [6, 6.07) is 12.6. The predicted octanol–water partition coefficient (Wildman–Crippen LogP) is 4.45. The van der Waals surface area contributed by atoms with Crippen molar-refractivity contribution in [3.05, 3.63) is 58.9 Å². The van der Waals surface area contributed by atoms with Crippen LogP contribution in [0, 0.1) is 12.7 Å². The first-order chi connectivity index (χ1) is 7.16. The average Bonchev–Trinajstić information content (AvgIpc) is 2.23. The standard InChI is InChI=1S/C13H10ClF/c1-9-8-11(4-7-13(9)15)10-2-5-12(14)6-3-10/h2-8H,1H3. The quantitative estimate of drug-likeness (QED) is 0.666. The van der Waals surface area contributed by atoms with Crippen LogP contribution >= 0.6 is 11.6 Å². The fourth-order valence-corrected chi connectivity index (χ4v) is 1.59. The van der Waals surface area contributed by atoms with Gasteiger partial charge in [0.2, 0.25) is 0 Å². The van der Waals surface area contributed by atoms with Crippen molar-refractivity contribution in [2.75, 3.05) is 0 Å². The Morgan fingerprint density at radius 2 is 1.53 bits per heavy atom. The zero-order valence-corrected chi connectivity index (χ0v) is 9.05. The first kappa shape index (κ1) is 10.2. The second-order valence-electron chi connectivity index (χ2n) is 3.47. The molecule has 0 radical (unpaired) electrons. The Labute approximate surface area is 93.3 Å². The van der Waals surface area contributed by atoms with E-state index in [9.17, 15) is 4.39 Å². The van der Waals surface area contributed by atoms with Gasteiger partial charge in [0.25, 0.3) is 0 Å². The predicted molar refractivity (Wildman–Crippen MR) is 61.6 cm³/mol. The van der Waals surface area contributed by atoms with Gasteiger partial charge in [-0.3, -0.25) is 0 Å². The highest BCUT2D eigenvalue weighted by Gasteiger charge is 2.01. The number of rotatable bonds is 1. The van der Waals surface area contributed by atoms with Crippen LogP contribution < -0.4 is 0 Å². The maximum atomic E-state index is 13.1. The van der Waals surface area contributed by atoms with Crippen LogP contribution in [0.5, 0.6) is 0 Å². The Bertz CT molecular complexity index is 474. The van der Waals surface area contributed by atoms with Gasteiger partial charge in [0.1, 0.15) is 5.82 Å². The summed E-state index contributed by atoms with van der Waals surface area (Å²) in [5, 5.41) is 0.706. The molecule has 0 heterocycles. The van der Waals surface area contributed by atoms with E-state index in [2.05, 4.69) is 0 Å². The summed E-state index contributed by atoms with van der Waals surface area (Å²) in [5.41, 5.74) is 2.70. The zero-order chi connectivity index (χ0) is 10.8. The first-order valence-electron chi connectivity index (χ1n) is 4.69. The molecule has 2 aromatic carbocycles. The molecule has 0 bridgehead atoms. The van der Waals surface area contributed by atoms with Crippen molar-refractivity contribution in [1.82, 2.24) is 0 Å². The summed E-state index contributed by atoms with van der Waals surface area (Å²) in [5.74, 6) is -0.173. The molecule has 0 atom stereocenters. The van der Waals surface area contributed by atoms with E-state index in [4.69, 9.17) is 11.6 Å². The Morgan fingerprint density at radius 3 is 2.13 bits per heavy atom. The molecule has 2 heteroatoms.